The zero-order chi connectivity index (χ0) is 10.8. The van der Waals surface area contributed by atoms with Crippen molar-refractivity contribution in [3.63, 3.8) is 0 Å². The molecule has 0 aliphatic heterocycles. The lowest BCUT2D eigenvalue weighted by molar-refractivity contribution is 0.635. The quantitative estimate of drug-likeness (QED) is 0.815. The largest absolute Gasteiger partial charge is 0.328 e. The maximum atomic E-state index is 13.6. The van der Waals surface area contributed by atoms with Gasteiger partial charge in [-0.25, -0.2) is 4.39 Å². The van der Waals surface area contributed by atoms with E-state index >= 15 is 0 Å². The van der Waals surface area contributed by atoms with E-state index < -0.39 is 0 Å². The Labute approximate surface area is 87.9 Å². The molecule has 0 aliphatic rings. The smallest absolute Gasteiger partial charge is 0.132 e. The van der Waals surface area contributed by atoms with Gasteiger partial charge in [0.25, 0.3) is 0 Å². The molecule has 0 spiro atoms. The lowest BCUT2D eigenvalue weighted by Gasteiger charge is -2.08. The van der Waals surface area contributed by atoms with E-state index in [1.807, 2.05) is 19.1 Å². The van der Waals surface area contributed by atoms with Gasteiger partial charge in [-0.2, -0.15) is 0 Å². The van der Waals surface area contributed by atoms with Gasteiger partial charge in [-0.1, -0.05) is 12.1 Å². The molecule has 2 aromatic rings. The Morgan fingerprint density at radius 1 is 1.40 bits per heavy atom. The first-order valence-corrected chi connectivity index (χ1v) is 4.96. The number of pyridine rings is 1. The van der Waals surface area contributed by atoms with Gasteiger partial charge in [0.15, 0.2) is 0 Å². The minimum atomic E-state index is -0.226. The summed E-state index contributed by atoms with van der Waals surface area (Å²) in [5.74, 6) is -0.226. The molecule has 0 saturated heterocycles. The highest BCUT2D eigenvalue weighted by molar-refractivity contribution is 5.84. The van der Waals surface area contributed by atoms with Crippen molar-refractivity contribution < 1.29 is 4.39 Å². The van der Waals surface area contributed by atoms with Gasteiger partial charge in [0.05, 0.1) is 5.69 Å². The maximum Gasteiger partial charge on any atom is 0.132 e. The zero-order valence-corrected chi connectivity index (χ0v) is 8.57. The normalized spacial score (nSPS) is 13.0. The Balaban J connectivity index is 2.63. The summed E-state index contributed by atoms with van der Waals surface area (Å²) in [6.45, 7) is 1.89. The average molecular weight is 204 g/mol. The van der Waals surface area contributed by atoms with Crippen molar-refractivity contribution in [3.05, 3.63) is 42.0 Å². The fourth-order valence-electron chi connectivity index (χ4n) is 1.72. The Bertz CT molecular complexity index is 475. The van der Waals surface area contributed by atoms with Crippen molar-refractivity contribution in [3.8, 4) is 0 Å². The number of hydrogen-bond donors (Lipinski definition) is 1. The number of nitrogens with two attached hydrogens (primary N) is 1. The van der Waals surface area contributed by atoms with Crippen molar-refractivity contribution in [2.24, 2.45) is 5.73 Å². The molecule has 1 aromatic heterocycles. The number of hydrogen-bond acceptors (Lipinski definition) is 2. The predicted molar refractivity (Wildman–Crippen MR) is 59.1 cm³/mol. The molecular weight excluding hydrogens is 191 g/mol. The van der Waals surface area contributed by atoms with E-state index in [9.17, 15) is 4.39 Å². The van der Waals surface area contributed by atoms with Crippen LogP contribution in [0.1, 0.15) is 12.6 Å². The average Bonchev–Trinajstić information content (AvgIpc) is 2.17. The lowest BCUT2D eigenvalue weighted by Crippen LogP contribution is -2.18. The van der Waals surface area contributed by atoms with Gasteiger partial charge >= 0.3 is 0 Å². The van der Waals surface area contributed by atoms with Crippen LogP contribution in [0.25, 0.3) is 10.8 Å². The number of benzene rings is 1. The first-order chi connectivity index (χ1) is 7.18. The second-order valence-electron chi connectivity index (χ2n) is 3.78. The highest BCUT2D eigenvalue weighted by Gasteiger charge is 2.08. The Kier molecular flexibility index (Phi) is 2.64. The van der Waals surface area contributed by atoms with Crippen LogP contribution in [0, 0.1) is 5.82 Å². The molecule has 1 heterocycles. The molecule has 2 rings (SSSR count). The molecule has 1 aromatic carbocycles. The third-order valence-electron chi connectivity index (χ3n) is 2.33. The van der Waals surface area contributed by atoms with Gasteiger partial charge in [-0.05, 0) is 24.4 Å². The number of nitrogens with zero attached hydrogens (tertiary/aromatic N) is 1. The van der Waals surface area contributed by atoms with Crippen LogP contribution in [0.5, 0.6) is 0 Å². The van der Waals surface area contributed by atoms with E-state index in [0.29, 0.717) is 11.8 Å². The molecule has 1 unspecified atom stereocenters. The van der Waals surface area contributed by atoms with Crippen LogP contribution in [0.15, 0.2) is 30.5 Å². The third-order valence-corrected chi connectivity index (χ3v) is 2.33. The van der Waals surface area contributed by atoms with Crippen molar-refractivity contribution in [2.45, 2.75) is 19.4 Å². The molecule has 2 N–H and O–H groups in total. The number of aromatic nitrogens is 1. The molecule has 0 amide bonds. The Morgan fingerprint density at radius 2 is 2.20 bits per heavy atom. The Morgan fingerprint density at radius 3 is 2.93 bits per heavy atom. The second kappa shape index (κ2) is 3.95. The maximum absolute atomic E-state index is 13.6. The molecule has 3 heteroatoms. The molecule has 0 radical (unpaired) electrons. The van der Waals surface area contributed by atoms with E-state index in [1.54, 1.807) is 12.3 Å². The SMILES string of the molecule is CC(N)Cc1nccc2cccc(F)c12. The molecular formula is C12H13FN2. The topological polar surface area (TPSA) is 38.9 Å². The van der Waals surface area contributed by atoms with Crippen LogP contribution in [0.4, 0.5) is 4.39 Å². The van der Waals surface area contributed by atoms with Gasteiger partial charge < -0.3 is 5.73 Å². The van der Waals surface area contributed by atoms with E-state index in [4.69, 9.17) is 5.73 Å². The minimum Gasteiger partial charge on any atom is -0.328 e. The summed E-state index contributed by atoms with van der Waals surface area (Å²) in [4.78, 5) is 4.19. The van der Waals surface area contributed by atoms with E-state index in [2.05, 4.69) is 4.98 Å². The highest BCUT2D eigenvalue weighted by atomic mass is 19.1. The van der Waals surface area contributed by atoms with Crippen molar-refractivity contribution in [1.29, 1.82) is 0 Å². The minimum absolute atomic E-state index is 0.0114. The standard InChI is InChI=1S/C12H13FN2/c1-8(14)7-11-12-9(5-6-15-11)3-2-4-10(12)13/h2-6,8H,7,14H2,1H3. The molecule has 0 saturated carbocycles. The fourth-order valence-corrected chi connectivity index (χ4v) is 1.72. The molecule has 2 nitrogen and oxygen atoms in total. The number of halogens is 1. The number of fused-ring (bicyclic) bond motifs is 1. The van der Waals surface area contributed by atoms with Crippen LogP contribution in [-0.4, -0.2) is 11.0 Å². The van der Waals surface area contributed by atoms with Gasteiger partial charge in [-0.3, -0.25) is 4.98 Å². The predicted octanol–water partition coefficient (Wildman–Crippen LogP) is 2.26. The van der Waals surface area contributed by atoms with Crippen molar-refractivity contribution in [1.82, 2.24) is 4.98 Å². The highest BCUT2D eigenvalue weighted by Crippen LogP contribution is 2.20. The van der Waals surface area contributed by atoms with Gasteiger partial charge in [-0.15, -0.1) is 0 Å². The molecule has 0 bridgehead atoms. The van der Waals surface area contributed by atoms with Crippen molar-refractivity contribution in [2.75, 3.05) is 0 Å². The van der Waals surface area contributed by atoms with Gasteiger partial charge in [0.2, 0.25) is 0 Å². The first kappa shape index (κ1) is 10.1. The third kappa shape index (κ3) is 1.97. The molecule has 0 fully saturated rings. The molecule has 15 heavy (non-hydrogen) atoms. The molecule has 0 aliphatic carbocycles. The lowest BCUT2D eigenvalue weighted by atomic mass is 10.1. The number of rotatable bonds is 2. The van der Waals surface area contributed by atoms with E-state index in [0.717, 1.165) is 11.1 Å². The summed E-state index contributed by atoms with van der Waals surface area (Å²) >= 11 is 0. The first-order valence-electron chi connectivity index (χ1n) is 4.96. The molecule has 1 atom stereocenters. The summed E-state index contributed by atoms with van der Waals surface area (Å²) in [7, 11) is 0. The fraction of sp³-hybridized carbons (Fsp3) is 0.250. The van der Waals surface area contributed by atoms with E-state index in [1.165, 1.54) is 6.07 Å². The Hall–Kier alpha value is -1.48. The molecule has 78 valence electrons. The van der Waals surface area contributed by atoms with E-state index in [-0.39, 0.29) is 11.9 Å². The summed E-state index contributed by atoms with van der Waals surface area (Å²) < 4.78 is 13.6. The zero-order valence-electron chi connectivity index (χ0n) is 8.57. The van der Waals surface area contributed by atoms with Crippen molar-refractivity contribution >= 4 is 10.8 Å². The summed E-state index contributed by atoms with van der Waals surface area (Å²) in [5, 5.41) is 1.47. The van der Waals surface area contributed by atoms with Crippen LogP contribution in [0.2, 0.25) is 0 Å². The monoisotopic (exact) mass is 204 g/mol. The van der Waals surface area contributed by atoms with Crippen LogP contribution in [-0.2, 0) is 6.42 Å². The van der Waals surface area contributed by atoms with Crippen LogP contribution >= 0.6 is 0 Å². The van der Waals surface area contributed by atoms with Gasteiger partial charge in [0, 0.05) is 24.0 Å². The summed E-state index contributed by atoms with van der Waals surface area (Å²) in [6, 6.07) is 6.83. The second-order valence-corrected chi connectivity index (χ2v) is 3.78. The summed E-state index contributed by atoms with van der Waals surface area (Å²) in [6.07, 6.45) is 2.29. The van der Waals surface area contributed by atoms with Crippen LogP contribution < -0.4 is 5.73 Å². The van der Waals surface area contributed by atoms with Gasteiger partial charge in [0.1, 0.15) is 5.82 Å². The summed E-state index contributed by atoms with van der Waals surface area (Å²) in [5.41, 5.74) is 6.44. The van der Waals surface area contributed by atoms with Crippen LogP contribution in [0.3, 0.4) is 0 Å².